The Labute approximate surface area is 225 Å². The van der Waals surface area contributed by atoms with Crippen molar-refractivity contribution in [2.24, 2.45) is 46.3 Å². The van der Waals surface area contributed by atoms with Crippen molar-refractivity contribution in [3.05, 3.63) is 35.9 Å². The van der Waals surface area contributed by atoms with Crippen molar-refractivity contribution < 1.29 is 14.3 Å². The van der Waals surface area contributed by atoms with E-state index in [1.165, 1.54) is 51.4 Å². The number of epoxide rings is 1. The molecule has 1 aromatic carbocycles. The molecule has 3 nitrogen and oxygen atoms in total. The van der Waals surface area contributed by atoms with Crippen molar-refractivity contribution in [1.29, 1.82) is 0 Å². The minimum atomic E-state index is -0.176. The molecular formula is C34H50O3. The predicted octanol–water partition coefficient (Wildman–Crippen LogP) is 8.46. The lowest BCUT2D eigenvalue weighted by atomic mass is 9.44. The third kappa shape index (κ3) is 4.12. The normalized spacial score (nSPS) is 44.8. The molecule has 0 radical (unpaired) electrons. The van der Waals surface area contributed by atoms with Gasteiger partial charge in [-0.05, 0) is 98.0 Å². The summed E-state index contributed by atoms with van der Waals surface area (Å²) >= 11 is 0. The van der Waals surface area contributed by atoms with Crippen LogP contribution in [0.3, 0.4) is 0 Å². The fraction of sp³-hybridized carbons (Fsp3) is 0.794. The summed E-state index contributed by atoms with van der Waals surface area (Å²) in [5, 5.41) is 0. The average molecular weight is 507 g/mol. The summed E-state index contributed by atoms with van der Waals surface area (Å²) < 4.78 is 12.8. The fourth-order valence-corrected chi connectivity index (χ4v) is 10.6. The first-order chi connectivity index (χ1) is 17.7. The standard InChI is InChI=1S/C34H50O3/c1-22(2)10-9-11-23(3)27-14-15-28-26-20-30-34(37-30)21-25(36-31(35)24-12-7-6-8-13-24)16-19-33(34,5)29(26)17-18-32(27,28)4/h6-8,12-13,22-23,25-30H,9-11,14-21H2,1-5H3/t23-,25-,26+,27-,28+,29+,30-,32-,33-,34-/m1/s1. The van der Waals surface area contributed by atoms with Crippen LogP contribution in [0, 0.1) is 46.3 Å². The highest BCUT2D eigenvalue weighted by atomic mass is 16.6. The van der Waals surface area contributed by atoms with E-state index in [-0.39, 0.29) is 23.1 Å². The summed E-state index contributed by atoms with van der Waals surface area (Å²) in [7, 11) is 0. The van der Waals surface area contributed by atoms with Crippen LogP contribution in [0.1, 0.15) is 116 Å². The lowest BCUT2D eigenvalue weighted by molar-refractivity contribution is -0.118. The number of carbonyl (C=O) groups is 1. The first-order valence-corrected chi connectivity index (χ1v) is 15.6. The van der Waals surface area contributed by atoms with Gasteiger partial charge in [0.1, 0.15) is 11.7 Å². The molecule has 5 aliphatic rings. The molecule has 0 aromatic heterocycles. The topological polar surface area (TPSA) is 38.8 Å². The Balaban J connectivity index is 1.14. The zero-order valence-electron chi connectivity index (χ0n) is 24.0. The van der Waals surface area contributed by atoms with E-state index in [1.54, 1.807) is 0 Å². The van der Waals surface area contributed by atoms with Crippen LogP contribution in [0.25, 0.3) is 0 Å². The Hall–Kier alpha value is -1.35. The molecule has 0 bridgehead atoms. The van der Waals surface area contributed by atoms with Gasteiger partial charge in [0.05, 0.1) is 11.7 Å². The predicted molar refractivity (Wildman–Crippen MR) is 148 cm³/mol. The van der Waals surface area contributed by atoms with E-state index in [0.717, 1.165) is 54.8 Å². The number of esters is 1. The fourth-order valence-electron chi connectivity index (χ4n) is 10.6. The third-order valence-electron chi connectivity index (χ3n) is 12.5. The van der Waals surface area contributed by atoms with Gasteiger partial charge in [-0.3, -0.25) is 0 Å². The second-order valence-corrected chi connectivity index (χ2v) is 14.7. The maximum absolute atomic E-state index is 12.8. The van der Waals surface area contributed by atoms with Gasteiger partial charge in [0.25, 0.3) is 0 Å². The molecule has 1 saturated heterocycles. The van der Waals surface area contributed by atoms with Crippen molar-refractivity contribution in [3.8, 4) is 0 Å². The molecule has 37 heavy (non-hydrogen) atoms. The molecule has 4 aliphatic carbocycles. The van der Waals surface area contributed by atoms with Gasteiger partial charge in [0.2, 0.25) is 0 Å². The van der Waals surface area contributed by atoms with Gasteiger partial charge in [-0.2, -0.15) is 0 Å². The van der Waals surface area contributed by atoms with Crippen molar-refractivity contribution in [1.82, 2.24) is 0 Å². The first kappa shape index (κ1) is 25.9. The zero-order chi connectivity index (χ0) is 26.0. The number of carbonyl (C=O) groups excluding carboxylic acids is 1. The number of hydrogen-bond acceptors (Lipinski definition) is 3. The number of rotatable bonds is 7. The summed E-state index contributed by atoms with van der Waals surface area (Å²) in [4.78, 5) is 12.8. The third-order valence-corrected chi connectivity index (χ3v) is 12.5. The van der Waals surface area contributed by atoms with Gasteiger partial charge in [-0.15, -0.1) is 0 Å². The van der Waals surface area contributed by atoms with Crippen LogP contribution in [-0.2, 0) is 9.47 Å². The van der Waals surface area contributed by atoms with Gasteiger partial charge in [0, 0.05) is 11.8 Å². The minimum Gasteiger partial charge on any atom is -0.459 e. The number of ether oxygens (including phenoxy) is 2. The van der Waals surface area contributed by atoms with Crippen molar-refractivity contribution in [2.75, 3.05) is 0 Å². The Morgan fingerprint density at radius 1 is 1.00 bits per heavy atom. The van der Waals surface area contributed by atoms with E-state index in [1.807, 2.05) is 30.3 Å². The SMILES string of the molecule is CC(C)CCC[C@@H](C)[C@H]1CC[C@H]2[C@@H]3C[C@H]4O[C@]45C[C@H](OC(=O)c4ccccc4)CC[C@]5(C)[C@H]3CC[C@]12C. The van der Waals surface area contributed by atoms with Gasteiger partial charge in [-0.25, -0.2) is 4.79 Å². The molecule has 4 saturated carbocycles. The Morgan fingerprint density at radius 3 is 2.54 bits per heavy atom. The van der Waals surface area contributed by atoms with E-state index in [0.29, 0.717) is 17.1 Å². The van der Waals surface area contributed by atoms with E-state index >= 15 is 0 Å². The molecule has 1 aromatic rings. The summed E-state index contributed by atoms with van der Waals surface area (Å²) in [5.41, 5.74) is 1.36. The van der Waals surface area contributed by atoms with Crippen LogP contribution < -0.4 is 0 Å². The maximum atomic E-state index is 12.8. The van der Waals surface area contributed by atoms with Gasteiger partial charge in [-0.1, -0.05) is 72.1 Å². The van der Waals surface area contributed by atoms with Gasteiger partial charge < -0.3 is 9.47 Å². The average Bonchev–Trinajstić information content (AvgIpc) is 3.45. The smallest absolute Gasteiger partial charge is 0.338 e. The number of benzene rings is 1. The Bertz CT molecular complexity index is 988. The van der Waals surface area contributed by atoms with Crippen LogP contribution in [0.4, 0.5) is 0 Å². The van der Waals surface area contributed by atoms with Crippen molar-refractivity contribution in [3.63, 3.8) is 0 Å². The van der Waals surface area contributed by atoms with Gasteiger partial charge >= 0.3 is 5.97 Å². The number of hydrogen-bond donors (Lipinski definition) is 0. The summed E-state index contributed by atoms with van der Waals surface area (Å²) in [6.45, 7) is 12.5. The van der Waals surface area contributed by atoms with E-state index < -0.39 is 0 Å². The molecule has 0 unspecified atom stereocenters. The van der Waals surface area contributed by atoms with Crippen LogP contribution in [0.2, 0.25) is 0 Å². The molecule has 1 aliphatic heterocycles. The Kier molecular flexibility index (Phi) is 6.57. The molecule has 1 spiro atoms. The number of fused-ring (bicyclic) bond motifs is 4. The second-order valence-electron chi connectivity index (χ2n) is 14.7. The molecule has 3 heteroatoms. The van der Waals surface area contributed by atoms with Crippen molar-refractivity contribution in [2.45, 2.75) is 123 Å². The van der Waals surface area contributed by atoms with E-state index in [2.05, 4.69) is 34.6 Å². The molecule has 6 rings (SSSR count). The molecule has 5 fully saturated rings. The molecule has 10 atom stereocenters. The molecule has 0 N–H and O–H groups in total. The highest BCUT2D eigenvalue weighted by Crippen LogP contribution is 2.74. The van der Waals surface area contributed by atoms with Gasteiger partial charge in [0.15, 0.2) is 0 Å². The van der Waals surface area contributed by atoms with Crippen LogP contribution in [0.15, 0.2) is 30.3 Å². The molecule has 0 amide bonds. The molecule has 204 valence electrons. The van der Waals surface area contributed by atoms with Crippen LogP contribution in [0.5, 0.6) is 0 Å². The lowest BCUT2D eigenvalue weighted by Crippen LogP contribution is -2.59. The second kappa shape index (κ2) is 9.39. The summed E-state index contributed by atoms with van der Waals surface area (Å²) in [6, 6.07) is 9.47. The quantitative estimate of drug-likeness (QED) is 0.275. The molecular weight excluding hydrogens is 456 g/mol. The van der Waals surface area contributed by atoms with E-state index in [9.17, 15) is 4.79 Å². The summed E-state index contributed by atoms with van der Waals surface area (Å²) in [6.07, 6.45) is 14.5. The summed E-state index contributed by atoms with van der Waals surface area (Å²) in [5.74, 6) is 4.87. The highest BCUT2D eigenvalue weighted by molar-refractivity contribution is 5.89. The molecule has 1 heterocycles. The maximum Gasteiger partial charge on any atom is 0.338 e. The van der Waals surface area contributed by atoms with E-state index in [4.69, 9.17) is 9.47 Å². The van der Waals surface area contributed by atoms with Crippen LogP contribution in [-0.4, -0.2) is 23.8 Å². The largest absolute Gasteiger partial charge is 0.459 e. The monoisotopic (exact) mass is 506 g/mol. The van der Waals surface area contributed by atoms with Crippen molar-refractivity contribution >= 4 is 5.97 Å². The minimum absolute atomic E-state index is 0.0151. The lowest BCUT2D eigenvalue weighted by Gasteiger charge is -2.59. The highest BCUT2D eigenvalue weighted by Gasteiger charge is 2.76. The first-order valence-electron chi connectivity index (χ1n) is 15.6. The zero-order valence-corrected chi connectivity index (χ0v) is 24.0. The van der Waals surface area contributed by atoms with Crippen LogP contribution >= 0.6 is 0 Å². The Morgan fingerprint density at radius 2 is 1.78 bits per heavy atom.